The van der Waals surface area contributed by atoms with Crippen LogP contribution in [0.15, 0.2) is 0 Å². The quantitative estimate of drug-likeness (QED) is 0.791. The van der Waals surface area contributed by atoms with Crippen molar-refractivity contribution >= 4 is 22.4 Å². The molecule has 1 amide bonds. The highest BCUT2D eigenvalue weighted by molar-refractivity contribution is 7.16. The Morgan fingerprint density at radius 1 is 1.53 bits per heavy atom. The van der Waals surface area contributed by atoms with Crippen LogP contribution < -0.4 is 11.1 Å². The molecule has 0 fully saturated rings. The van der Waals surface area contributed by atoms with Crippen molar-refractivity contribution in [1.82, 2.24) is 15.5 Å². The summed E-state index contributed by atoms with van der Waals surface area (Å²) >= 11 is 1.08. The average Bonchev–Trinajstić information content (AvgIpc) is 2.70. The van der Waals surface area contributed by atoms with Gasteiger partial charge < -0.3 is 15.8 Å². The molecule has 1 aromatic heterocycles. The van der Waals surface area contributed by atoms with Crippen LogP contribution in [0.5, 0.6) is 0 Å². The molecule has 17 heavy (non-hydrogen) atoms. The molecule has 1 rings (SSSR count). The SMILES string of the molecule is COCCC(C)(C)CNC(=O)c1nnc(N)s1. The molecule has 0 aliphatic heterocycles. The van der Waals surface area contributed by atoms with Crippen molar-refractivity contribution in [3.63, 3.8) is 0 Å². The Morgan fingerprint density at radius 3 is 2.76 bits per heavy atom. The van der Waals surface area contributed by atoms with E-state index in [1.165, 1.54) is 0 Å². The van der Waals surface area contributed by atoms with Gasteiger partial charge in [-0.15, -0.1) is 10.2 Å². The monoisotopic (exact) mass is 258 g/mol. The first-order valence-corrected chi connectivity index (χ1v) is 6.12. The molecule has 1 aromatic rings. The van der Waals surface area contributed by atoms with Gasteiger partial charge in [-0.25, -0.2) is 0 Å². The summed E-state index contributed by atoms with van der Waals surface area (Å²) in [5, 5.41) is 10.7. The van der Waals surface area contributed by atoms with E-state index in [9.17, 15) is 4.79 Å². The van der Waals surface area contributed by atoms with Crippen LogP contribution in [-0.4, -0.2) is 36.4 Å². The fourth-order valence-electron chi connectivity index (χ4n) is 1.19. The number of hydrogen-bond donors (Lipinski definition) is 2. The number of nitrogen functional groups attached to an aromatic ring is 1. The molecule has 0 unspecified atom stereocenters. The number of anilines is 1. The van der Waals surface area contributed by atoms with E-state index >= 15 is 0 Å². The van der Waals surface area contributed by atoms with E-state index in [2.05, 4.69) is 29.4 Å². The summed E-state index contributed by atoms with van der Waals surface area (Å²) in [6, 6.07) is 0. The molecule has 96 valence electrons. The zero-order chi connectivity index (χ0) is 12.9. The smallest absolute Gasteiger partial charge is 0.282 e. The first-order valence-electron chi connectivity index (χ1n) is 5.31. The number of carbonyl (C=O) groups excluding carboxylic acids is 1. The Labute approximate surface area is 105 Å². The van der Waals surface area contributed by atoms with Gasteiger partial charge in [0.05, 0.1) is 0 Å². The van der Waals surface area contributed by atoms with Crippen LogP contribution in [0.25, 0.3) is 0 Å². The lowest BCUT2D eigenvalue weighted by Gasteiger charge is -2.24. The maximum Gasteiger partial charge on any atom is 0.282 e. The second-order valence-electron chi connectivity index (χ2n) is 4.54. The normalized spacial score (nSPS) is 11.5. The maximum absolute atomic E-state index is 11.7. The lowest BCUT2D eigenvalue weighted by atomic mass is 9.90. The van der Waals surface area contributed by atoms with Crippen molar-refractivity contribution in [2.24, 2.45) is 5.41 Å². The third-order valence-electron chi connectivity index (χ3n) is 2.35. The first-order chi connectivity index (χ1) is 7.94. The highest BCUT2D eigenvalue weighted by atomic mass is 32.1. The number of nitrogens with one attached hydrogen (secondary N) is 1. The van der Waals surface area contributed by atoms with Crippen LogP contribution >= 0.6 is 11.3 Å². The van der Waals surface area contributed by atoms with Crippen LogP contribution in [0.3, 0.4) is 0 Å². The van der Waals surface area contributed by atoms with Crippen molar-refractivity contribution < 1.29 is 9.53 Å². The number of nitrogens with zero attached hydrogens (tertiary/aromatic N) is 2. The van der Waals surface area contributed by atoms with E-state index < -0.39 is 0 Å². The number of carbonyl (C=O) groups is 1. The van der Waals surface area contributed by atoms with Gasteiger partial charge in [0.2, 0.25) is 10.1 Å². The molecule has 0 aliphatic rings. The van der Waals surface area contributed by atoms with Crippen LogP contribution in [0, 0.1) is 5.41 Å². The summed E-state index contributed by atoms with van der Waals surface area (Å²) in [6.07, 6.45) is 0.877. The summed E-state index contributed by atoms with van der Waals surface area (Å²) in [4.78, 5) is 11.7. The molecule has 0 aliphatic carbocycles. The van der Waals surface area contributed by atoms with E-state index in [1.807, 2.05) is 0 Å². The lowest BCUT2D eigenvalue weighted by molar-refractivity contribution is 0.0920. The van der Waals surface area contributed by atoms with Crippen molar-refractivity contribution in [2.75, 3.05) is 26.0 Å². The molecule has 0 bridgehead atoms. The second kappa shape index (κ2) is 5.92. The van der Waals surface area contributed by atoms with E-state index in [-0.39, 0.29) is 11.3 Å². The van der Waals surface area contributed by atoms with Gasteiger partial charge >= 0.3 is 0 Å². The highest BCUT2D eigenvalue weighted by Gasteiger charge is 2.20. The number of amides is 1. The minimum atomic E-state index is -0.232. The molecule has 0 saturated heterocycles. The van der Waals surface area contributed by atoms with Crippen LogP contribution in [-0.2, 0) is 4.74 Å². The Kier molecular flexibility index (Phi) is 4.83. The number of rotatable bonds is 6. The third kappa shape index (κ3) is 4.66. The molecule has 7 heteroatoms. The van der Waals surface area contributed by atoms with E-state index in [1.54, 1.807) is 7.11 Å². The van der Waals surface area contributed by atoms with Crippen molar-refractivity contribution in [3.05, 3.63) is 5.01 Å². The van der Waals surface area contributed by atoms with E-state index in [0.717, 1.165) is 17.8 Å². The number of ether oxygens (including phenoxy) is 1. The maximum atomic E-state index is 11.7. The van der Waals surface area contributed by atoms with Crippen LogP contribution in [0.2, 0.25) is 0 Å². The van der Waals surface area contributed by atoms with Gasteiger partial charge in [-0.3, -0.25) is 4.79 Å². The molecular formula is C10H18N4O2S. The summed E-state index contributed by atoms with van der Waals surface area (Å²) in [6.45, 7) is 5.38. The zero-order valence-corrected chi connectivity index (χ0v) is 11.1. The molecule has 0 saturated carbocycles. The van der Waals surface area contributed by atoms with Crippen LogP contribution in [0.4, 0.5) is 5.13 Å². The largest absolute Gasteiger partial charge is 0.385 e. The number of hydrogen-bond acceptors (Lipinski definition) is 6. The summed E-state index contributed by atoms with van der Waals surface area (Å²) < 4.78 is 5.02. The number of methoxy groups -OCH3 is 1. The van der Waals surface area contributed by atoms with E-state index in [0.29, 0.717) is 23.3 Å². The molecule has 0 aromatic carbocycles. The molecule has 3 N–H and O–H groups in total. The minimum absolute atomic E-state index is 0.0120. The molecular weight excluding hydrogens is 240 g/mol. The number of nitrogens with two attached hydrogens (primary N) is 1. The van der Waals surface area contributed by atoms with Crippen LogP contribution in [0.1, 0.15) is 30.1 Å². The van der Waals surface area contributed by atoms with Gasteiger partial charge in [0.15, 0.2) is 0 Å². The molecule has 0 atom stereocenters. The highest BCUT2D eigenvalue weighted by Crippen LogP contribution is 2.19. The van der Waals surface area contributed by atoms with Gasteiger partial charge in [-0.05, 0) is 11.8 Å². The van der Waals surface area contributed by atoms with Crippen molar-refractivity contribution in [2.45, 2.75) is 20.3 Å². The summed E-state index contributed by atoms with van der Waals surface area (Å²) in [5.74, 6) is -0.232. The third-order valence-corrected chi connectivity index (χ3v) is 3.10. The molecule has 0 radical (unpaired) electrons. The second-order valence-corrected chi connectivity index (χ2v) is 5.54. The first kappa shape index (κ1) is 13.9. The molecule has 0 spiro atoms. The number of aromatic nitrogens is 2. The Morgan fingerprint density at radius 2 is 2.24 bits per heavy atom. The zero-order valence-electron chi connectivity index (χ0n) is 10.3. The predicted octanol–water partition coefficient (Wildman–Crippen LogP) is 0.913. The fraction of sp³-hybridized carbons (Fsp3) is 0.700. The van der Waals surface area contributed by atoms with Crippen molar-refractivity contribution in [3.8, 4) is 0 Å². The van der Waals surface area contributed by atoms with E-state index in [4.69, 9.17) is 10.5 Å². The Hall–Kier alpha value is -1.21. The average molecular weight is 258 g/mol. The van der Waals surface area contributed by atoms with Gasteiger partial charge in [-0.1, -0.05) is 25.2 Å². The topological polar surface area (TPSA) is 90.1 Å². The van der Waals surface area contributed by atoms with Crippen molar-refractivity contribution in [1.29, 1.82) is 0 Å². The summed E-state index contributed by atoms with van der Waals surface area (Å²) in [5.41, 5.74) is 5.40. The standard InChI is InChI=1S/C10H18N4O2S/c1-10(2,4-5-16-3)6-12-7(15)8-13-14-9(11)17-8/h4-6H2,1-3H3,(H2,11,14)(H,12,15). The Balaban J connectivity index is 2.42. The van der Waals surface area contributed by atoms with Gasteiger partial charge in [0, 0.05) is 20.3 Å². The molecule has 6 nitrogen and oxygen atoms in total. The lowest BCUT2D eigenvalue weighted by Crippen LogP contribution is -2.34. The fourth-order valence-corrected chi connectivity index (χ4v) is 1.71. The van der Waals surface area contributed by atoms with Gasteiger partial charge in [0.25, 0.3) is 5.91 Å². The predicted molar refractivity (Wildman–Crippen MR) is 66.9 cm³/mol. The van der Waals surface area contributed by atoms with Gasteiger partial charge in [0.1, 0.15) is 0 Å². The summed E-state index contributed by atoms with van der Waals surface area (Å²) in [7, 11) is 1.67. The molecule has 1 heterocycles. The Bertz CT molecular complexity index is 378. The minimum Gasteiger partial charge on any atom is -0.385 e. The van der Waals surface area contributed by atoms with Gasteiger partial charge in [-0.2, -0.15) is 0 Å².